The fourth-order valence-electron chi connectivity index (χ4n) is 3.23. The largest absolute Gasteiger partial charge is 0.349 e. The van der Waals surface area contributed by atoms with Gasteiger partial charge in [0.2, 0.25) is 0 Å². The van der Waals surface area contributed by atoms with Crippen LogP contribution in [0.5, 0.6) is 0 Å². The van der Waals surface area contributed by atoms with Gasteiger partial charge in [-0.25, -0.2) is 8.42 Å². The summed E-state index contributed by atoms with van der Waals surface area (Å²) in [5, 5.41) is 3.00. The predicted molar refractivity (Wildman–Crippen MR) is 93.5 cm³/mol. The summed E-state index contributed by atoms with van der Waals surface area (Å²) in [6.45, 7) is 1.62. The summed E-state index contributed by atoms with van der Waals surface area (Å²) in [5.74, 6) is 0.374. The maximum absolute atomic E-state index is 12.2. The third-order valence-electron chi connectivity index (χ3n) is 4.49. The molecule has 2 aliphatic heterocycles. The highest BCUT2D eigenvalue weighted by Gasteiger charge is 2.34. The van der Waals surface area contributed by atoms with Crippen LogP contribution in [0.25, 0.3) is 0 Å². The molecule has 3 rings (SSSR count). The third-order valence-corrected chi connectivity index (χ3v) is 7.73. The van der Waals surface area contributed by atoms with Gasteiger partial charge in [-0.3, -0.25) is 9.69 Å². The number of hydrogen-bond donors (Lipinski definition) is 1. The second-order valence-corrected chi connectivity index (χ2v) is 10.6. The fraction of sp³-hybridized carbons (Fsp3) is 0.643. The van der Waals surface area contributed by atoms with Gasteiger partial charge in [0.15, 0.2) is 9.84 Å². The van der Waals surface area contributed by atoms with Crippen LogP contribution in [0.2, 0.25) is 8.67 Å². The van der Waals surface area contributed by atoms with Crippen molar-refractivity contribution < 1.29 is 13.2 Å². The van der Waals surface area contributed by atoms with Crippen LogP contribution in [0.1, 0.15) is 29.6 Å². The topological polar surface area (TPSA) is 66.5 Å². The monoisotopic (exact) mass is 396 g/mol. The molecule has 1 amide bonds. The first-order valence-electron chi connectivity index (χ1n) is 7.54. The first-order chi connectivity index (χ1) is 10.8. The Kier molecular flexibility index (Phi) is 5.23. The number of rotatable bonds is 3. The number of amides is 1. The van der Waals surface area contributed by atoms with Gasteiger partial charge in [-0.05, 0) is 25.3 Å². The number of nitrogens with zero attached hydrogens (tertiary/aromatic N) is 1. The molecule has 0 aromatic carbocycles. The van der Waals surface area contributed by atoms with Crippen molar-refractivity contribution >= 4 is 50.3 Å². The molecule has 0 radical (unpaired) electrons. The van der Waals surface area contributed by atoms with E-state index in [9.17, 15) is 13.2 Å². The number of nitrogens with one attached hydrogen (secondary N) is 1. The molecule has 2 fully saturated rings. The molecule has 1 atom stereocenters. The second-order valence-electron chi connectivity index (χ2n) is 6.08. The number of carbonyl (C=O) groups is 1. The van der Waals surface area contributed by atoms with Crippen LogP contribution < -0.4 is 5.32 Å². The lowest BCUT2D eigenvalue weighted by Gasteiger charge is -2.35. The minimum atomic E-state index is -2.85. The highest BCUT2D eigenvalue weighted by Crippen LogP contribution is 2.31. The Bertz CT molecular complexity index is 697. The van der Waals surface area contributed by atoms with Gasteiger partial charge in [0.1, 0.15) is 4.34 Å². The number of carbonyl (C=O) groups excluding carboxylic acids is 1. The SMILES string of the molecule is O=C(NC1CCN(C2CCS(=O)(=O)C2)CC1)c1cc(Cl)sc1Cl. The minimum Gasteiger partial charge on any atom is -0.349 e. The maximum Gasteiger partial charge on any atom is 0.253 e. The van der Waals surface area contributed by atoms with E-state index >= 15 is 0 Å². The average Bonchev–Trinajstić information content (AvgIpc) is 3.01. The van der Waals surface area contributed by atoms with E-state index in [2.05, 4.69) is 10.2 Å². The molecule has 0 aliphatic carbocycles. The lowest BCUT2D eigenvalue weighted by molar-refractivity contribution is 0.0898. The Morgan fingerprint density at radius 2 is 1.96 bits per heavy atom. The van der Waals surface area contributed by atoms with E-state index in [4.69, 9.17) is 23.2 Å². The summed E-state index contributed by atoms with van der Waals surface area (Å²) in [6.07, 6.45) is 2.36. The van der Waals surface area contributed by atoms with Gasteiger partial charge in [-0.1, -0.05) is 23.2 Å². The van der Waals surface area contributed by atoms with E-state index < -0.39 is 9.84 Å². The van der Waals surface area contributed by atoms with Gasteiger partial charge < -0.3 is 5.32 Å². The van der Waals surface area contributed by atoms with E-state index in [0.717, 1.165) is 32.4 Å². The molecular weight excluding hydrogens is 379 g/mol. The Morgan fingerprint density at radius 1 is 1.26 bits per heavy atom. The Hall–Kier alpha value is -0.340. The minimum absolute atomic E-state index is 0.0894. The van der Waals surface area contributed by atoms with E-state index in [1.54, 1.807) is 6.07 Å². The number of sulfone groups is 1. The van der Waals surface area contributed by atoms with Crippen molar-refractivity contribution in [2.45, 2.75) is 31.3 Å². The Balaban J connectivity index is 1.51. The van der Waals surface area contributed by atoms with Crippen molar-refractivity contribution in [2.75, 3.05) is 24.6 Å². The highest BCUT2D eigenvalue weighted by molar-refractivity contribution is 7.91. The first-order valence-corrected chi connectivity index (χ1v) is 10.9. The molecule has 1 N–H and O–H groups in total. The molecule has 2 saturated heterocycles. The zero-order chi connectivity index (χ0) is 16.6. The number of thiophene rings is 1. The van der Waals surface area contributed by atoms with Gasteiger partial charge in [0.25, 0.3) is 5.91 Å². The molecule has 23 heavy (non-hydrogen) atoms. The number of halogens is 2. The quantitative estimate of drug-likeness (QED) is 0.851. The van der Waals surface area contributed by atoms with Gasteiger partial charge in [0, 0.05) is 25.2 Å². The molecule has 5 nitrogen and oxygen atoms in total. The molecule has 0 spiro atoms. The summed E-state index contributed by atoms with van der Waals surface area (Å²) in [5.41, 5.74) is 0.422. The predicted octanol–water partition coefficient (Wildman–Crippen LogP) is 2.44. The van der Waals surface area contributed by atoms with Crippen LogP contribution in [0.3, 0.4) is 0 Å². The van der Waals surface area contributed by atoms with Crippen molar-refractivity contribution in [2.24, 2.45) is 0 Å². The van der Waals surface area contributed by atoms with Crippen LogP contribution in [0, 0.1) is 0 Å². The Labute approximate surface area is 149 Å². The molecule has 3 heterocycles. The summed E-state index contributed by atoms with van der Waals surface area (Å²) in [4.78, 5) is 14.5. The van der Waals surface area contributed by atoms with Crippen molar-refractivity contribution in [1.29, 1.82) is 0 Å². The molecule has 128 valence electrons. The van der Waals surface area contributed by atoms with E-state index in [1.165, 1.54) is 11.3 Å². The van der Waals surface area contributed by atoms with Gasteiger partial charge in [0.05, 0.1) is 21.4 Å². The van der Waals surface area contributed by atoms with Gasteiger partial charge >= 0.3 is 0 Å². The van der Waals surface area contributed by atoms with Crippen molar-refractivity contribution in [3.05, 3.63) is 20.3 Å². The fourth-order valence-corrected chi connectivity index (χ4v) is 6.45. The zero-order valence-corrected chi connectivity index (χ0v) is 15.6. The van der Waals surface area contributed by atoms with Gasteiger partial charge in [-0.15, -0.1) is 11.3 Å². The number of likely N-dealkylation sites (tertiary alicyclic amines) is 1. The first kappa shape index (κ1) is 17.5. The van der Waals surface area contributed by atoms with Crippen molar-refractivity contribution in [3.63, 3.8) is 0 Å². The number of hydrogen-bond acceptors (Lipinski definition) is 5. The Morgan fingerprint density at radius 3 is 2.48 bits per heavy atom. The van der Waals surface area contributed by atoms with Crippen LogP contribution in [0.15, 0.2) is 6.07 Å². The van der Waals surface area contributed by atoms with Crippen molar-refractivity contribution in [1.82, 2.24) is 10.2 Å². The maximum atomic E-state index is 12.2. The molecule has 1 aromatic heterocycles. The molecule has 2 aliphatic rings. The summed E-state index contributed by atoms with van der Waals surface area (Å²) >= 11 is 13.0. The van der Waals surface area contributed by atoms with Crippen LogP contribution in [-0.4, -0.2) is 55.9 Å². The molecular formula is C14H18Cl2N2O3S2. The molecule has 9 heteroatoms. The molecule has 1 aromatic rings. The third kappa shape index (κ3) is 4.20. The van der Waals surface area contributed by atoms with E-state index in [-0.39, 0.29) is 23.7 Å². The van der Waals surface area contributed by atoms with E-state index in [0.29, 0.717) is 20.0 Å². The second kappa shape index (κ2) is 6.88. The molecule has 0 bridgehead atoms. The molecule has 0 saturated carbocycles. The summed E-state index contributed by atoms with van der Waals surface area (Å²) in [6, 6.07) is 1.82. The van der Waals surface area contributed by atoms with Crippen LogP contribution in [0.4, 0.5) is 0 Å². The smallest absolute Gasteiger partial charge is 0.253 e. The lowest BCUT2D eigenvalue weighted by atomic mass is 10.0. The normalized spacial score (nSPS) is 25.6. The molecule has 1 unspecified atom stereocenters. The summed E-state index contributed by atoms with van der Waals surface area (Å²) in [7, 11) is -2.85. The highest BCUT2D eigenvalue weighted by atomic mass is 35.5. The van der Waals surface area contributed by atoms with Crippen molar-refractivity contribution in [3.8, 4) is 0 Å². The summed E-state index contributed by atoms with van der Waals surface area (Å²) < 4.78 is 24.1. The van der Waals surface area contributed by atoms with Crippen LogP contribution >= 0.6 is 34.5 Å². The van der Waals surface area contributed by atoms with E-state index in [1.807, 2.05) is 0 Å². The van der Waals surface area contributed by atoms with Crippen LogP contribution in [-0.2, 0) is 9.84 Å². The van der Waals surface area contributed by atoms with Gasteiger partial charge in [-0.2, -0.15) is 0 Å². The number of piperidine rings is 1. The average molecular weight is 397 g/mol. The standard InChI is InChI=1S/C14H18Cl2N2O3S2/c15-12-7-11(13(16)22-12)14(19)17-9-1-4-18(5-2-9)10-3-6-23(20,21)8-10/h7,9-10H,1-6,8H2,(H,17,19). The zero-order valence-electron chi connectivity index (χ0n) is 12.4. The lowest BCUT2D eigenvalue weighted by Crippen LogP contribution is -2.48.